The lowest BCUT2D eigenvalue weighted by atomic mass is 10.1. The Balaban J connectivity index is 0.00000225. The molecule has 5 nitrogen and oxygen atoms in total. The number of rotatable bonds is 6. The van der Waals surface area contributed by atoms with Crippen molar-refractivity contribution in [1.29, 1.82) is 5.26 Å². The normalized spacial score (nSPS) is 9.92. The number of benzene rings is 2. The van der Waals surface area contributed by atoms with Gasteiger partial charge in [0.1, 0.15) is 18.9 Å². The van der Waals surface area contributed by atoms with Crippen LogP contribution in [-0.2, 0) is 19.7 Å². The van der Waals surface area contributed by atoms with E-state index in [2.05, 4.69) is 11.2 Å². The first kappa shape index (κ1) is 18.5. The second kappa shape index (κ2) is 8.88. The lowest BCUT2D eigenvalue weighted by Gasteiger charge is -2.12. The molecule has 0 aliphatic heterocycles. The number of nitrogens with zero attached hydrogens (tertiary/aromatic N) is 3. The lowest BCUT2D eigenvalue weighted by molar-refractivity contribution is 0.303. The summed E-state index contributed by atoms with van der Waals surface area (Å²) >= 11 is 0. The van der Waals surface area contributed by atoms with E-state index in [9.17, 15) is 0 Å². The Bertz CT molecular complexity index is 855. The highest BCUT2D eigenvalue weighted by atomic mass is 35.5. The van der Waals surface area contributed by atoms with Crippen molar-refractivity contribution in [3.05, 3.63) is 72.1 Å². The minimum Gasteiger partial charge on any atom is -0.489 e. The van der Waals surface area contributed by atoms with Crippen LogP contribution in [0.15, 0.2) is 60.9 Å². The number of nitriles is 1. The summed E-state index contributed by atoms with van der Waals surface area (Å²) in [5.74, 6) is 0.787. The number of hydrogen-bond donors (Lipinski definition) is 1. The van der Waals surface area contributed by atoms with Crippen LogP contribution in [0.3, 0.4) is 0 Å². The van der Waals surface area contributed by atoms with Gasteiger partial charge in [0, 0.05) is 23.9 Å². The summed E-state index contributed by atoms with van der Waals surface area (Å²) in [4.78, 5) is 0. The van der Waals surface area contributed by atoms with E-state index in [0.717, 1.165) is 28.0 Å². The summed E-state index contributed by atoms with van der Waals surface area (Å²) in [6, 6.07) is 18.0. The smallest absolute Gasteiger partial charge is 0.128 e. The molecule has 1 heterocycles. The van der Waals surface area contributed by atoms with Crippen molar-refractivity contribution >= 4 is 12.4 Å². The van der Waals surface area contributed by atoms with Crippen LogP contribution >= 0.6 is 12.4 Å². The number of ether oxygens (including phenoxy) is 1. The highest BCUT2D eigenvalue weighted by Gasteiger charge is 2.08. The Kier molecular flexibility index (Phi) is 6.58. The average Bonchev–Trinajstić information content (AvgIpc) is 3.10. The summed E-state index contributed by atoms with van der Waals surface area (Å²) in [5, 5.41) is 12.9. The van der Waals surface area contributed by atoms with Crippen molar-refractivity contribution in [3.8, 4) is 22.9 Å². The maximum atomic E-state index is 8.73. The summed E-state index contributed by atoms with van der Waals surface area (Å²) in [7, 11) is 0. The molecule has 6 heteroatoms. The van der Waals surface area contributed by atoms with Gasteiger partial charge in [0.2, 0.25) is 0 Å². The molecule has 0 radical (unpaired) electrons. The third kappa shape index (κ3) is 4.60. The first-order chi connectivity index (χ1) is 11.8. The molecule has 0 bridgehead atoms. The van der Waals surface area contributed by atoms with Crippen molar-refractivity contribution in [1.82, 2.24) is 9.78 Å². The van der Waals surface area contributed by atoms with Crippen LogP contribution in [0.1, 0.15) is 11.1 Å². The predicted octanol–water partition coefficient (Wildman–Crippen LogP) is 3.53. The van der Waals surface area contributed by atoms with E-state index in [0.29, 0.717) is 13.2 Å². The van der Waals surface area contributed by atoms with E-state index < -0.39 is 0 Å². The zero-order chi connectivity index (χ0) is 16.8. The third-order valence-electron chi connectivity index (χ3n) is 3.72. The molecule has 0 atom stereocenters. The van der Waals surface area contributed by atoms with E-state index in [1.807, 2.05) is 54.7 Å². The van der Waals surface area contributed by atoms with Crippen LogP contribution in [-0.4, -0.2) is 9.78 Å². The topological polar surface area (TPSA) is 76.9 Å². The lowest BCUT2D eigenvalue weighted by Crippen LogP contribution is -2.03. The van der Waals surface area contributed by atoms with E-state index >= 15 is 0 Å². The number of nitrogens with two attached hydrogens (primary N) is 1. The molecule has 0 aliphatic rings. The van der Waals surface area contributed by atoms with Crippen molar-refractivity contribution < 1.29 is 4.74 Å². The summed E-state index contributed by atoms with van der Waals surface area (Å²) in [6.45, 7) is 1.14. The van der Waals surface area contributed by atoms with E-state index in [-0.39, 0.29) is 19.0 Å². The standard InChI is InChI=1S/C19H18N4O.ClH/c20-8-9-23-13-18(12-22-23)16-6-7-19(17(10-16)11-21)24-14-15-4-2-1-3-5-15;/h1-7,10,12-13H,9,11,14,21H2;1H. The zero-order valence-corrected chi connectivity index (χ0v) is 14.4. The fourth-order valence-corrected chi connectivity index (χ4v) is 2.47. The quantitative estimate of drug-likeness (QED) is 0.734. The van der Waals surface area contributed by atoms with Gasteiger partial charge < -0.3 is 10.5 Å². The molecular formula is C19H19ClN4O. The zero-order valence-electron chi connectivity index (χ0n) is 13.6. The highest BCUT2D eigenvalue weighted by Crippen LogP contribution is 2.27. The maximum absolute atomic E-state index is 8.73. The van der Waals surface area contributed by atoms with Gasteiger partial charge in [-0.25, -0.2) is 0 Å². The monoisotopic (exact) mass is 354 g/mol. The average molecular weight is 355 g/mol. The molecule has 0 saturated heterocycles. The first-order valence-corrected chi connectivity index (χ1v) is 7.69. The molecule has 1 aromatic heterocycles. The largest absolute Gasteiger partial charge is 0.489 e. The van der Waals surface area contributed by atoms with Gasteiger partial charge in [-0.2, -0.15) is 10.4 Å². The summed E-state index contributed by atoms with van der Waals surface area (Å²) in [5.41, 5.74) is 9.89. The maximum Gasteiger partial charge on any atom is 0.128 e. The highest BCUT2D eigenvalue weighted by molar-refractivity contribution is 5.85. The Morgan fingerprint density at radius 1 is 1.12 bits per heavy atom. The molecule has 3 rings (SSSR count). The van der Waals surface area contributed by atoms with Gasteiger partial charge in [0.15, 0.2) is 0 Å². The van der Waals surface area contributed by atoms with Gasteiger partial charge in [-0.05, 0) is 23.3 Å². The third-order valence-corrected chi connectivity index (χ3v) is 3.72. The molecule has 0 fully saturated rings. The van der Waals surface area contributed by atoms with Crippen LogP contribution in [0.25, 0.3) is 11.1 Å². The van der Waals surface area contributed by atoms with Crippen LogP contribution < -0.4 is 10.5 Å². The fraction of sp³-hybridized carbons (Fsp3) is 0.158. The van der Waals surface area contributed by atoms with Crippen molar-refractivity contribution in [2.75, 3.05) is 0 Å². The minimum atomic E-state index is 0. The molecule has 2 aromatic carbocycles. The second-order valence-electron chi connectivity index (χ2n) is 5.39. The molecule has 0 aliphatic carbocycles. The fourth-order valence-electron chi connectivity index (χ4n) is 2.47. The number of hydrogen-bond acceptors (Lipinski definition) is 4. The number of halogens is 1. The molecular weight excluding hydrogens is 336 g/mol. The van der Waals surface area contributed by atoms with Gasteiger partial charge in [-0.1, -0.05) is 36.4 Å². The van der Waals surface area contributed by atoms with Crippen LogP contribution in [0.5, 0.6) is 5.75 Å². The Morgan fingerprint density at radius 2 is 1.92 bits per heavy atom. The second-order valence-corrected chi connectivity index (χ2v) is 5.39. The van der Waals surface area contributed by atoms with Crippen LogP contribution in [0.4, 0.5) is 0 Å². The molecule has 128 valence electrons. The molecule has 25 heavy (non-hydrogen) atoms. The molecule has 3 aromatic rings. The van der Waals surface area contributed by atoms with Gasteiger partial charge in [-0.15, -0.1) is 12.4 Å². The van der Waals surface area contributed by atoms with Crippen molar-refractivity contribution in [3.63, 3.8) is 0 Å². The molecule has 2 N–H and O–H groups in total. The Labute approximate surface area is 153 Å². The van der Waals surface area contributed by atoms with Gasteiger partial charge in [0.25, 0.3) is 0 Å². The Morgan fingerprint density at radius 3 is 2.64 bits per heavy atom. The van der Waals surface area contributed by atoms with E-state index in [1.165, 1.54) is 0 Å². The molecule has 0 saturated carbocycles. The first-order valence-electron chi connectivity index (χ1n) is 7.69. The summed E-state index contributed by atoms with van der Waals surface area (Å²) < 4.78 is 7.51. The number of aromatic nitrogens is 2. The molecule has 0 unspecified atom stereocenters. The molecule has 0 spiro atoms. The van der Waals surface area contributed by atoms with Gasteiger partial charge in [-0.3, -0.25) is 4.68 Å². The Hall–Kier alpha value is -2.81. The van der Waals surface area contributed by atoms with Gasteiger partial charge >= 0.3 is 0 Å². The SMILES string of the molecule is Cl.N#CCn1cc(-c2ccc(OCc3ccccc3)c(CN)c2)cn1. The van der Waals surface area contributed by atoms with Crippen molar-refractivity contribution in [2.45, 2.75) is 19.7 Å². The van der Waals surface area contributed by atoms with Gasteiger partial charge in [0.05, 0.1) is 12.3 Å². The molecule has 0 amide bonds. The van der Waals surface area contributed by atoms with E-state index in [4.69, 9.17) is 15.7 Å². The van der Waals surface area contributed by atoms with E-state index in [1.54, 1.807) is 10.9 Å². The minimum absolute atomic E-state index is 0. The van der Waals surface area contributed by atoms with Crippen LogP contribution in [0.2, 0.25) is 0 Å². The summed E-state index contributed by atoms with van der Waals surface area (Å²) in [6.07, 6.45) is 3.60. The van der Waals surface area contributed by atoms with Crippen LogP contribution in [0, 0.1) is 11.3 Å². The predicted molar refractivity (Wildman–Crippen MR) is 99.2 cm³/mol. The van der Waals surface area contributed by atoms with Crippen molar-refractivity contribution in [2.24, 2.45) is 5.73 Å².